The zero-order valence-electron chi connectivity index (χ0n) is 10.5. The molecule has 1 aromatic carbocycles. The summed E-state index contributed by atoms with van der Waals surface area (Å²) in [6, 6.07) is 6.04. The van der Waals surface area contributed by atoms with Gasteiger partial charge in [0.1, 0.15) is 0 Å². The molecule has 96 valence electrons. The fourth-order valence-corrected chi connectivity index (χ4v) is 2.26. The van der Waals surface area contributed by atoms with E-state index in [9.17, 15) is 4.79 Å². The molecule has 0 saturated carbocycles. The van der Waals surface area contributed by atoms with Gasteiger partial charge in [-0.15, -0.1) is 0 Å². The maximum Gasteiger partial charge on any atom is 0.246 e. The molecule has 1 aromatic rings. The number of hydrogen-bond acceptors (Lipinski definition) is 2. The maximum absolute atomic E-state index is 11.5. The number of nitrogens with zero attached hydrogens (tertiary/aromatic N) is 2. The van der Waals surface area contributed by atoms with Crippen molar-refractivity contribution in [2.24, 2.45) is 0 Å². The maximum atomic E-state index is 11.5. The van der Waals surface area contributed by atoms with E-state index in [0.717, 1.165) is 36.8 Å². The van der Waals surface area contributed by atoms with Crippen LogP contribution in [0.2, 0.25) is 5.02 Å². The van der Waals surface area contributed by atoms with Crippen molar-refractivity contribution >= 4 is 23.2 Å². The van der Waals surface area contributed by atoms with Crippen LogP contribution in [-0.2, 0) is 4.79 Å². The Hall–Kier alpha value is -1.48. The Morgan fingerprint density at radius 2 is 2.00 bits per heavy atom. The van der Waals surface area contributed by atoms with Crippen LogP contribution >= 0.6 is 11.6 Å². The minimum atomic E-state index is 0.0157. The molecule has 0 spiro atoms. The summed E-state index contributed by atoms with van der Waals surface area (Å²) >= 11 is 6.02. The number of benzene rings is 1. The summed E-state index contributed by atoms with van der Waals surface area (Å²) in [5, 5.41) is 0.791. The van der Waals surface area contributed by atoms with E-state index in [0.29, 0.717) is 0 Å². The molecule has 1 aliphatic heterocycles. The fourth-order valence-electron chi connectivity index (χ4n) is 2.14. The van der Waals surface area contributed by atoms with E-state index in [-0.39, 0.29) is 5.91 Å². The summed E-state index contributed by atoms with van der Waals surface area (Å²) in [6.07, 6.45) is 1.38. The van der Waals surface area contributed by atoms with Crippen LogP contribution < -0.4 is 4.90 Å². The highest BCUT2D eigenvalue weighted by Crippen LogP contribution is 2.23. The first-order valence-corrected chi connectivity index (χ1v) is 6.42. The van der Waals surface area contributed by atoms with Crippen LogP contribution in [0.4, 0.5) is 5.69 Å². The number of amides is 1. The Labute approximate surface area is 113 Å². The van der Waals surface area contributed by atoms with E-state index in [1.807, 2.05) is 24.0 Å². The monoisotopic (exact) mass is 264 g/mol. The van der Waals surface area contributed by atoms with Crippen molar-refractivity contribution < 1.29 is 4.79 Å². The Kier molecular flexibility index (Phi) is 3.92. The van der Waals surface area contributed by atoms with E-state index >= 15 is 0 Å². The van der Waals surface area contributed by atoms with Gasteiger partial charge in [0, 0.05) is 36.9 Å². The second-order valence-electron chi connectivity index (χ2n) is 4.45. The lowest BCUT2D eigenvalue weighted by molar-refractivity contribution is -0.126. The van der Waals surface area contributed by atoms with Crippen LogP contribution in [0.3, 0.4) is 0 Å². The number of carbonyl (C=O) groups is 1. The molecule has 0 bridgehead atoms. The highest BCUT2D eigenvalue weighted by atomic mass is 35.5. The van der Waals surface area contributed by atoms with Gasteiger partial charge in [0.15, 0.2) is 0 Å². The minimum absolute atomic E-state index is 0.0157. The number of anilines is 1. The molecule has 4 heteroatoms. The predicted octanol–water partition coefficient (Wildman–Crippen LogP) is 2.48. The molecule has 1 amide bonds. The minimum Gasteiger partial charge on any atom is -0.368 e. The molecule has 18 heavy (non-hydrogen) atoms. The molecule has 1 aliphatic rings. The van der Waals surface area contributed by atoms with Crippen LogP contribution in [0.25, 0.3) is 0 Å². The van der Waals surface area contributed by atoms with Crippen LogP contribution in [0.15, 0.2) is 30.9 Å². The molecule has 1 saturated heterocycles. The summed E-state index contributed by atoms with van der Waals surface area (Å²) in [5.74, 6) is 0.0157. The topological polar surface area (TPSA) is 23.6 Å². The summed E-state index contributed by atoms with van der Waals surface area (Å²) in [4.78, 5) is 15.6. The average Bonchev–Trinajstić information content (AvgIpc) is 2.41. The first kappa shape index (κ1) is 13.0. The van der Waals surface area contributed by atoms with Gasteiger partial charge in [0.2, 0.25) is 5.91 Å². The van der Waals surface area contributed by atoms with Crippen molar-refractivity contribution in [3.63, 3.8) is 0 Å². The van der Waals surface area contributed by atoms with E-state index in [4.69, 9.17) is 11.6 Å². The molecule has 0 aromatic heterocycles. The SMILES string of the molecule is C=CC(=O)N1CCN(c2ccc(Cl)c(C)c2)CC1. The zero-order valence-corrected chi connectivity index (χ0v) is 11.3. The van der Waals surface area contributed by atoms with Gasteiger partial charge in [-0.05, 0) is 36.8 Å². The number of piperazine rings is 1. The molecular formula is C14H17ClN2O. The summed E-state index contributed by atoms with van der Waals surface area (Å²) in [7, 11) is 0. The lowest BCUT2D eigenvalue weighted by Gasteiger charge is -2.35. The number of carbonyl (C=O) groups excluding carboxylic acids is 1. The van der Waals surface area contributed by atoms with Gasteiger partial charge in [-0.1, -0.05) is 18.2 Å². The molecule has 0 N–H and O–H groups in total. The first-order valence-electron chi connectivity index (χ1n) is 6.04. The molecule has 0 aliphatic carbocycles. The number of rotatable bonds is 2. The number of halogens is 1. The van der Waals surface area contributed by atoms with E-state index in [1.165, 1.54) is 11.8 Å². The van der Waals surface area contributed by atoms with Crippen molar-refractivity contribution in [3.8, 4) is 0 Å². The molecule has 0 radical (unpaired) electrons. The van der Waals surface area contributed by atoms with Crippen molar-refractivity contribution in [3.05, 3.63) is 41.4 Å². The molecule has 3 nitrogen and oxygen atoms in total. The highest BCUT2D eigenvalue weighted by molar-refractivity contribution is 6.31. The second-order valence-corrected chi connectivity index (χ2v) is 4.86. The van der Waals surface area contributed by atoms with Crippen molar-refractivity contribution in [2.45, 2.75) is 6.92 Å². The van der Waals surface area contributed by atoms with Gasteiger partial charge in [0.05, 0.1) is 0 Å². The summed E-state index contributed by atoms with van der Waals surface area (Å²) in [6.45, 7) is 8.70. The lowest BCUT2D eigenvalue weighted by Crippen LogP contribution is -2.48. The Morgan fingerprint density at radius 1 is 1.33 bits per heavy atom. The van der Waals surface area contributed by atoms with E-state index in [2.05, 4.69) is 17.5 Å². The quantitative estimate of drug-likeness (QED) is 0.767. The van der Waals surface area contributed by atoms with Crippen LogP contribution in [0.1, 0.15) is 5.56 Å². The second kappa shape index (κ2) is 5.44. The summed E-state index contributed by atoms with van der Waals surface area (Å²) in [5.41, 5.74) is 2.25. The van der Waals surface area contributed by atoms with Gasteiger partial charge < -0.3 is 9.80 Å². The third-order valence-electron chi connectivity index (χ3n) is 3.27. The molecule has 0 unspecified atom stereocenters. The van der Waals surface area contributed by atoms with Gasteiger partial charge in [-0.25, -0.2) is 0 Å². The smallest absolute Gasteiger partial charge is 0.246 e. The third-order valence-corrected chi connectivity index (χ3v) is 3.70. The van der Waals surface area contributed by atoms with Crippen LogP contribution in [0, 0.1) is 6.92 Å². The molecule has 0 atom stereocenters. The molecule has 1 heterocycles. The Bertz CT molecular complexity index is 465. The normalized spacial score (nSPS) is 15.7. The number of hydrogen-bond donors (Lipinski definition) is 0. The highest BCUT2D eigenvalue weighted by Gasteiger charge is 2.19. The molecule has 2 rings (SSSR count). The molecule has 1 fully saturated rings. The van der Waals surface area contributed by atoms with E-state index < -0.39 is 0 Å². The van der Waals surface area contributed by atoms with Gasteiger partial charge >= 0.3 is 0 Å². The predicted molar refractivity (Wildman–Crippen MR) is 75.2 cm³/mol. The lowest BCUT2D eigenvalue weighted by atomic mass is 10.2. The van der Waals surface area contributed by atoms with Gasteiger partial charge in [-0.3, -0.25) is 4.79 Å². The van der Waals surface area contributed by atoms with Crippen LogP contribution in [-0.4, -0.2) is 37.0 Å². The average molecular weight is 265 g/mol. The van der Waals surface area contributed by atoms with Crippen molar-refractivity contribution in [1.29, 1.82) is 0 Å². The first-order chi connectivity index (χ1) is 8.61. The standard InChI is InChI=1S/C14H17ClN2O/c1-3-14(18)17-8-6-16(7-9-17)12-4-5-13(15)11(2)10-12/h3-5,10H,1,6-9H2,2H3. The van der Waals surface area contributed by atoms with Crippen LogP contribution in [0.5, 0.6) is 0 Å². The Balaban J connectivity index is 2.03. The van der Waals surface area contributed by atoms with Crippen molar-refractivity contribution in [2.75, 3.05) is 31.1 Å². The fraction of sp³-hybridized carbons (Fsp3) is 0.357. The number of aryl methyl sites for hydroxylation is 1. The van der Waals surface area contributed by atoms with Gasteiger partial charge in [0.25, 0.3) is 0 Å². The third kappa shape index (κ3) is 2.67. The zero-order chi connectivity index (χ0) is 13.1. The summed E-state index contributed by atoms with van der Waals surface area (Å²) < 4.78 is 0. The van der Waals surface area contributed by atoms with E-state index in [1.54, 1.807) is 0 Å². The largest absolute Gasteiger partial charge is 0.368 e. The van der Waals surface area contributed by atoms with Gasteiger partial charge in [-0.2, -0.15) is 0 Å². The van der Waals surface area contributed by atoms with Crippen molar-refractivity contribution in [1.82, 2.24) is 4.90 Å². The molecular weight excluding hydrogens is 248 g/mol. The Morgan fingerprint density at radius 3 is 2.56 bits per heavy atom.